The molecular formula is C16H17ClN2O4S2. The minimum absolute atomic E-state index is 0.0660. The van der Waals surface area contributed by atoms with E-state index >= 15 is 0 Å². The van der Waals surface area contributed by atoms with E-state index in [2.05, 4.69) is 6.58 Å². The van der Waals surface area contributed by atoms with Crippen LogP contribution in [0.2, 0.25) is 4.34 Å². The number of nitrogens with zero attached hydrogens (tertiary/aromatic N) is 2. The molecule has 0 unspecified atom stereocenters. The molecule has 0 radical (unpaired) electrons. The molecule has 9 heteroatoms. The molecule has 1 aromatic carbocycles. The lowest BCUT2D eigenvalue weighted by Gasteiger charge is -2.21. The number of hydrogen-bond donors (Lipinski definition) is 0. The van der Waals surface area contributed by atoms with E-state index < -0.39 is 14.9 Å². The van der Waals surface area contributed by atoms with Gasteiger partial charge in [0, 0.05) is 30.1 Å². The molecule has 2 aromatic rings. The maximum Gasteiger partial charge on any atom is 0.271 e. The Morgan fingerprint density at radius 1 is 1.36 bits per heavy atom. The quantitative estimate of drug-likeness (QED) is 0.394. The van der Waals surface area contributed by atoms with Gasteiger partial charge in [-0.2, -0.15) is 4.31 Å². The maximum atomic E-state index is 13.1. The topological polar surface area (TPSA) is 80.5 Å². The number of nitro groups is 1. The fourth-order valence-corrected chi connectivity index (χ4v) is 5.21. The van der Waals surface area contributed by atoms with Gasteiger partial charge in [0.1, 0.15) is 0 Å². The van der Waals surface area contributed by atoms with Gasteiger partial charge in [-0.15, -0.1) is 17.9 Å². The lowest BCUT2D eigenvalue weighted by atomic mass is 10.1. The zero-order valence-electron chi connectivity index (χ0n) is 13.7. The van der Waals surface area contributed by atoms with Crippen molar-refractivity contribution in [2.24, 2.45) is 0 Å². The van der Waals surface area contributed by atoms with Crippen LogP contribution >= 0.6 is 22.9 Å². The average Bonchev–Trinajstić information content (AvgIpc) is 2.94. The van der Waals surface area contributed by atoms with E-state index in [1.165, 1.54) is 27.8 Å². The first kappa shape index (κ1) is 19.6. The van der Waals surface area contributed by atoms with Crippen molar-refractivity contribution in [3.05, 3.63) is 67.4 Å². The second-order valence-corrected chi connectivity index (χ2v) is 9.14. The first-order valence-electron chi connectivity index (χ1n) is 7.27. The van der Waals surface area contributed by atoms with Crippen molar-refractivity contribution in [2.75, 3.05) is 6.54 Å². The summed E-state index contributed by atoms with van der Waals surface area (Å²) in [6, 6.07) is 5.92. The first-order chi connectivity index (χ1) is 11.7. The van der Waals surface area contributed by atoms with Gasteiger partial charge in [0.05, 0.1) is 14.2 Å². The Hall–Kier alpha value is -1.74. The molecule has 0 aliphatic carbocycles. The van der Waals surface area contributed by atoms with Gasteiger partial charge in [-0.3, -0.25) is 10.1 Å². The molecule has 0 amide bonds. The van der Waals surface area contributed by atoms with Crippen LogP contribution in [0, 0.1) is 24.0 Å². The summed E-state index contributed by atoms with van der Waals surface area (Å²) in [6.07, 6.45) is 1.48. The minimum atomic E-state index is -3.94. The molecule has 6 nitrogen and oxygen atoms in total. The Morgan fingerprint density at radius 2 is 2.04 bits per heavy atom. The predicted molar refractivity (Wildman–Crippen MR) is 99.7 cm³/mol. The van der Waals surface area contributed by atoms with Gasteiger partial charge in [-0.25, -0.2) is 8.42 Å². The summed E-state index contributed by atoms with van der Waals surface area (Å²) in [4.78, 5) is 11.2. The summed E-state index contributed by atoms with van der Waals surface area (Å²) >= 11 is 7.19. The Morgan fingerprint density at radius 3 is 2.56 bits per heavy atom. The van der Waals surface area contributed by atoms with Crippen molar-refractivity contribution in [3.63, 3.8) is 0 Å². The average molecular weight is 401 g/mol. The fraction of sp³-hybridized carbons (Fsp3) is 0.250. The summed E-state index contributed by atoms with van der Waals surface area (Å²) in [6.45, 7) is 7.09. The Balaban J connectivity index is 2.53. The van der Waals surface area contributed by atoms with E-state index in [9.17, 15) is 18.5 Å². The smallest absolute Gasteiger partial charge is 0.258 e. The van der Waals surface area contributed by atoms with Crippen LogP contribution in [-0.4, -0.2) is 24.2 Å². The number of thiophene rings is 1. The van der Waals surface area contributed by atoms with E-state index in [0.717, 1.165) is 10.9 Å². The number of rotatable bonds is 7. The van der Waals surface area contributed by atoms with Crippen LogP contribution in [0.4, 0.5) is 5.69 Å². The van der Waals surface area contributed by atoms with E-state index in [0.29, 0.717) is 15.5 Å². The van der Waals surface area contributed by atoms with Crippen LogP contribution in [0.5, 0.6) is 0 Å². The molecule has 0 saturated heterocycles. The summed E-state index contributed by atoms with van der Waals surface area (Å²) in [5, 5.41) is 11.1. The van der Waals surface area contributed by atoms with Gasteiger partial charge >= 0.3 is 0 Å². The predicted octanol–water partition coefficient (Wildman–Crippen LogP) is 4.30. The number of aryl methyl sites for hydroxylation is 1. The molecule has 2 rings (SSSR count). The number of benzene rings is 1. The third-order valence-corrected chi connectivity index (χ3v) is 6.88. The number of halogens is 1. The molecule has 1 heterocycles. The molecule has 0 aliphatic heterocycles. The second-order valence-electron chi connectivity index (χ2n) is 5.43. The summed E-state index contributed by atoms with van der Waals surface area (Å²) < 4.78 is 28.0. The largest absolute Gasteiger partial charge is 0.271 e. The highest BCUT2D eigenvalue weighted by atomic mass is 35.5. The second kappa shape index (κ2) is 7.65. The molecular weight excluding hydrogens is 384 g/mol. The standard InChI is InChI=1S/C16H17ClN2O4S2/c1-4-7-18(10-14-5-6-16(17)24-14)25(22,23)15-9-13(19(20)21)8-11(2)12(15)3/h4-6,8-9H,1,7,10H2,2-3H3. The van der Waals surface area contributed by atoms with E-state index in [-0.39, 0.29) is 23.7 Å². The normalized spacial score (nSPS) is 11.7. The van der Waals surface area contributed by atoms with Crippen LogP contribution in [0.3, 0.4) is 0 Å². The van der Waals surface area contributed by atoms with Crippen LogP contribution < -0.4 is 0 Å². The van der Waals surface area contributed by atoms with Crippen molar-refractivity contribution in [1.82, 2.24) is 4.31 Å². The van der Waals surface area contributed by atoms with Crippen molar-refractivity contribution >= 4 is 38.6 Å². The molecule has 134 valence electrons. The number of nitro benzene ring substituents is 1. The van der Waals surface area contributed by atoms with Gasteiger partial charge < -0.3 is 0 Å². The van der Waals surface area contributed by atoms with E-state index in [4.69, 9.17) is 11.6 Å². The number of hydrogen-bond acceptors (Lipinski definition) is 5. The third-order valence-electron chi connectivity index (χ3n) is 3.73. The highest BCUT2D eigenvalue weighted by molar-refractivity contribution is 7.89. The first-order valence-corrected chi connectivity index (χ1v) is 9.91. The van der Waals surface area contributed by atoms with Crippen LogP contribution in [0.15, 0.2) is 41.8 Å². The van der Waals surface area contributed by atoms with E-state index in [1.54, 1.807) is 26.0 Å². The Kier molecular flexibility index (Phi) is 5.99. The molecule has 1 aromatic heterocycles. The minimum Gasteiger partial charge on any atom is -0.258 e. The molecule has 0 atom stereocenters. The summed E-state index contributed by atoms with van der Waals surface area (Å²) in [7, 11) is -3.94. The number of non-ortho nitro benzene ring substituents is 1. The molecule has 0 bridgehead atoms. The molecule has 0 spiro atoms. The van der Waals surface area contributed by atoms with Gasteiger partial charge in [-0.05, 0) is 37.1 Å². The molecule has 0 aliphatic rings. The van der Waals surface area contributed by atoms with Crippen LogP contribution in [0.25, 0.3) is 0 Å². The monoisotopic (exact) mass is 400 g/mol. The molecule has 0 fully saturated rings. The van der Waals surface area contributed by atoms with Crippen molar-refractivity contribution in [3.8, 4) is 0 Å². The fourth-order valence-electron chi connectivity index (χ4n) is 2.32. The van der Waals surface area contributed by atoms with Crippen LogP contribution in [0.1, 0.15) is 16.0 Å². The van der Waals surface area contributed by atoms with Gasteiger partial charge in [-0.1, -0.05) is 17.7 Å². The van der Waals surface area contributed by atoms with Crippen molar-refractivity contribution < 1.29 is 13.3 Å². The van der Waals surface area contributed by atoms with Gasteiger partial charge in [0.15, 0.2) is 0 Å². The summed E-state index contributed by atoms with van der Waals surface area (Å²) in [5.74, 6) is 0. The number of sulfonamides is 1. The van der Waals surface area contributed by atoms with Crippen LogP contribution in [-0.2, 0) is 16.6 Å². The van der Waals surface area contributed by atoms with Gasteiger partial charge in [0.2, 0.25) is 10.0 Å². The highest BCUT2D eigenvalue weighted by Gasteiger charge is 2.28. The zero-order chi connectivity index (χ0) is 18.8. The highest BCUT2D eigenvalue weighted by Crippen LogP contribution is 2.30. The molecule has 0 N–H and O–H groups in total. The molecule has 0 saturated carbocycles. The Labute approximate surface area is 155 Å². The van der Waals surface area contributed by atoms with Gasteiger partial charge in [0.25, 0.3) is 5.69 Å². The maximum absolute atomic E-state index is 13.1. The Bertz CT molecular complexity index is 922. The zero-order valence-corrected chi connectivity index (χ0v) is 16.1. The van der Waals surface area contributed by atoms with Crippen molar-refractivity contribution in [1.29, 1.82) is 0 Å². The summed E-state index contributed by atoms with van der Waals surface area (Å²) in [5.41, 5.74) is 0.786. The molecule has 25 heavy (non-hydrogen) atoms. The van der Waals surface area contributed by atoms with E-state index in [1.807, 2.05) is 0 Å². The van der Waals surface area contributed by atoms with Crippen molar-refractivity contribution in [2.45, 2.75) is 25.3 Å². The third kappa shape index (κ3) is 4.27. The lowest BCUT2D eigenvalue weighted by Crippen LogP contribution is -2.31. The lowest BCUT2D eigenvalue weighted by molar-refractivity contribution is -0.385. The SMILES string of the molecule is C=CCN(Cc1ccc(Cl)s1)S(=O)(=O)c1cc([N+](=O)[O-])cc(C)c1C.